The van der Waals surface area contributed by atoms with Gasteiger partial charge in [0.15, 0.2) is 0 Å². The first-order valence-electron chi connectivity index (χ1n) is 22.9. The third-order valence-corrected chi connectivity index (χ3v) is 13.6. The molecule has 10 aromatic rings. The number of rotatable bonds is 9. The molecule has 0 N–H and O–H groups in total. The predicted molar refractivity (Wildman–Crippen MR) is 278 cm³/mol. The maximum Gasteiger partial charge on any atom is 0.0709 e. The van der Waals surface area contributed by atoms with Crippen LogP contribution < -0.4 is 14.7 Å². The monoisotopic (exact) mass is 845 g/mol. The molecule has 1 aliphatic carbocycles. The van der Waals surface area contributed by atoms with E-state index in [-0.39, 0.29) is 12.0 Å². The van der Waals surface area contributed by atoms with E-state index in [1.54, 1.807) is 0 Å². The van der Waals surface area contributed by atoms with Gasteiger partial charge in [0.1, 0.15) is 0 Å². The third kappa shape index (κ3) is 6.76. The van der Waals surface area contributed by atoms with E-state index in [0.717, 1.165) is 22.7 Å². The van der Waals surface area contributed by atoms with Crippen molar-refractivity contribution >= 4 is 56.2 Å². The van der Waals surface area contributed by atoms with Crippen LogP contribution in [0.15, 0.2) is 255 Å². The van der Waals surface area contributed by atoms with Crippen molar-refractivity contribution in [2.75, 3.05) is 21.7 Å². The van der Waals surface area contributed by atoms with E-state index >= 15 is 0 Å². The molecule has 3 heteroatoms. The van der Waals surface area contributed by atoms with Crippen LogP contribution in [0.5, 0.6) is 0 Å². The average Bonchev–Trinajstić information content (AvgIpc) is 3.76. The van der Waals surface area contributed by atoms with Crippen molar-refractivity contribution in [1.82, 2.24) is 0 Å². The predicted octanol–water partition coefficient (Wildman–Crippen LogP) is 16.6. The molecule has 0 saturated carbocycles. The molecule has 66 heavy (non-hydrogen) atoms. The lowest BCUT2D eigenvalue weighted by Gasteiger charge is -2.41. The van der Waals surface area contributed by atoms with Gasteiger partial charge in [-0.15, -0.1) is 0 Å². The maximum absolute atomic E-state index is 2.63. The highest BCUT2D eigenvalue weighted by molar-refractivity contribution is 6.08. The molecular weight excluding hydrogens is 799 g/mol. The molecule has 12 rings (SSSR count). The van der Waals surface area contributed by atoms with E-state index in [1.807, 2.05) is 0 Å². The van der Waals surface area contributed by atoms with E-state index < -0.39 is 0 Å². The van der Waals surface area contributed by atoms with Gasteiger partial charge >= 0.3 is 0 Å². The fourth-order valence-electron chi connectivity index (χ4n) is 10.6. The lowest BCUT2D eigenvalue weighted by atomic mass is 9.73. The van der Waals surface area contributed by atoms with Crippen LogP contribution >= 0.6 is 0 Å². The summed E-state index contributed by atoms with van der Waals surface area (Å²) in [5.41, 5.74) is 19.3. The Balaban J connectivity index is 1.07. The quantitative estimate of drug-likeness (QED) is 0.143. The number of para-hydroxylation sites is 2. The standard InChI is InChI=1S/C63H47N3/c1-64(50-25-10-4-11-26-50)62-56-31-16-17-32-57(56)63-60(58-42-37-47-23-14-15-30-55(47)61(58)66(63)51-27-12-5-13-28-51)59(62)48-35-40-53(41-36-48)65(52-38-33-46(34-39-52)44-19-6-2-7-20-44)54-29-18-24-49(43-54)45-21-8-3-9-22-45/h2-43,60,63H,1H3. The molecule has 0 saturated heterocycles. The van der Waals surface area contributed by atoms with Crippen molar-refractivity contribution in [2.24, 2.45) is 0 Å². The first-order valence-corrected chi connectivity index (χ1v) is 22.9. The fourth-order valence-corrected chi connectivity index (χ4v) is 10.6. The van der Waals surface area contributed by atoms with Crippen LogP contribution in [-0.4, -0.2) is 7.05 Å². The molecule has 0 fully saturated rings. The molecule has 2 unspecified atom stereocenters. The largest absolute Gasteiger partial charge is 0.344 e. The molecule has 0 spiro atoms. The molecule has 0 amide bonds. The second kappa shape index (κ2) is 16.6. The van der Waals surface area contributed by atoms with Crippen molar-refractivity contribution in [2.45, 2.75) is 12.0 Å². The van der Waals surface area contributed by atoms with Crippen molar-refractivity contribution in [3.05, 3.63) is 277 Å². The van der Waals surface area contributed by atoms with Gasteiger partial charge in [-0.3, -0.25) is 0 Å². The molecular formula is C63H47N3. The Morgan fingerprint density at radius 3 is 1.61 bits per heavy atom. The number of hydrogen-bond donors (Lipinski definition) is 0. The first-order chi connectivity index (χ1) is 32.7. The molecule has 314 valence electrons. The maximum atomic E-state index is 2.63. The van der Waals surface area contributed by atoms with Crippen molar-refractivity contribution < 1.29 is 0 Å². The Bertz CT molecular complexity index is 3360. The van der Waals surface area contributed by atoms with Crippen molar-refractivity contribution in [3.63, 3.8) is 0 Å². The zero-order chi connectivity index (χ0) is 44.0. The summed E-state index contributed by atoms with van der Waals surface area (Å²) in [6.45, 7) is 0. The Labute approximate surface area is 387 Å². The van der Waals surface area contributed by atoms with Gasteiger partial charge in [-0.25, -0.2) is 0 Å². The first kappa shape index (κ1) is 39.2. The van der Waals surface area contributed by atoms with Crippen LogP contribution in [0.2, 0.25) is 0 Å². The Kier molecular flexibility index (Phi) is 9.87. The Morgan fingerprint density at radius 1 is 0.379 bits per heavy atom. The summed E-state index contributed by atoms with van der Waals surface area (Å²) in [7, 11) is 2.24. The second-order valence-corrected chi connectivity index (χ2v) is 17.3. The van der Waals surface area contributed by atoms with Crippen LogP contribution in [-0.2, 0) is 0 Å². The van der Waals surface area contributed by atoms with Gasteiger partial charge in [0, 0.05) is 52.4 Å². The number of anilines is 6. The normalized spacial score (nSPS) is 15.0. The smallest absolute Gasteiger partial charge is 0.0709 e. The summed E-state index contributed by atoms with van der Waals surface area (Å²) in [6, 6.07) is 93.1. The highest BCUT2D eigenvalue weighted by atomic mass is 15.2. The topological polar surface area (TPSA) is 9.72 Å². The minimum absolute atomic E-state index is 0.0207. The van der Waals surface area contributed by atoms with Gasteiger partial charge in [0.2, 0.25) is 0 Å². The summed E-state index contributed by atoms with van der Waals surface area (Å²) in [4.78, 5) is 7.44. The zero-order valence-corrected chi connectivity index (χ0v) is 36.7. The van der Waals surface area contributed by atoms with E-state index in [0.29, 0.717) is 0 Å². The van der Waals surface area contributed by atoms with Gasteiger partial charge in [-0.05, 0) is 111 Å². The SMILES string of the molecule is CN(C1=C(c2ccc(N(c3ccc(-c4ccccc4)cc3)c3cccc(-c4ccccc4)c3)cc2)C2c3ccc4ccccc4c3N(c3ccccc3)C2c2ccccc21)c1ccccc1. The third-order valence-electron chi connectivity index (χ3n) is 13.6. The highest BCUT2D eigenvalue weighted by Gasteiger charge is 2.48. The van der Waals surface area contributed by atoms with Crippen LogP contribution in [0.1, 0.15) is 34.2 Å². The van der Waals surface area contributed by atoms with Crippen LogP contribution in [0.4, 0.5) is 34.1 Å². The van der Waals surface area contributed by atoms with E-state index in [4.69, 9.17) is 0 Å². The van der Waals surface area contributed by atoms with Gasteiger partial charge in [-0.2, -0.15) is 0 Å². The molecule has 2 aliphatic rings. The van der Waals surface area contributed by atoms with Crippen LogP contribution in [0.3, 0.4) is 0 Å². The van der Waals surface area contributed by atoms with Gasteiger partial charge in [0.05, 0.1) is 17.4 Å². The number of nitrogens with zero attached hydrogens (tertiary/aromatic N) is 3. The van der Waals surface area contributed by atoms with E-state index in [2.05, 4.69) is 277 Å². The molecule has 3 nitrogen and oxygen atoms in total. The molecule has 2 atom stereocenters. The summed E-state index contributed by atoms with van der Waals surface area (Å²) in [6.07, 6.45) is 0. The Hall–Kier alpha value is -8.40. The number of hydrogen-bond acceptors (Lipinski definition) is 3. The number of fused-ring (bicyclic) bond motifs is 7. The van der Waals surface area contributed by atoms with Crippen LogP contribution in [0, 0.1) is 0 Å². The summed E-state index contributed by atoms with van der Waals surface area (Å²) >= 11 is 0. The molecule has 0 radical (unpaired) electrons. The molecule has 0 aromatic heterocycles. The molecule has 0 bridgehead atoms. The number of benzene rings is 10. The average molecular weight is 846 g/mol. The highest BCUT2D eigenvalue weighted by Crippen LogP contribution is 2.63. The van der Waals surface area contributed by atoms with Crippen molar-refractivity contribution in [3.8, 4) is 22.3 Å². The lowest BCUT2D eigenvalue weighted by molar-refractivity contribution is 0.675. The summed E-state index contributed by atoms with van der Waals surface area (Å²) in [5, 5.41) is 2.51. The van der Waals surface area contributed by atoms with E-state index in [1.165, 1.54) is 77.9 Å². The minimum atomic E-state index is 0.0207. The Morgan fingerprint density at radius 2 is 0.909 bits per heavy atom. The molecule has 1 aliphatic heterocycles. The van der Waals surface area contributed by atoms with E-state index in [9.17, 15) is 0 Å². The van der Waals surface area contributed by atoms with Crippen LogP contribution in [0.25, 0.3) is 44.3 Å². The summed E-state index contributed by atoms with van der Waals surface area (Å²) in [5.74, 6) is 0.0240. The van der Waals surface area contributed by atoms with Gasteiger partial charge in [-0.1, -0.05) is 194 Å². The second-order valence-electron chi connectivity index (χ2n) is 17.3. The summed E-state index contributed by atoms with van der Waals surface area (Å²) < 4.78 is 0. The zero-order valence-electron chi connectivity index (χ0n) is 36.7. The van der Waals surface area contributed by atoms with Gasteiger partial charge in [0.25, 0.3) is 0 Å². The van der Waals surface area contributed by atoms with Gasteiger partial charge < -0.3 is 14.7 Å². The fraction of sp³-hybridized carbons (Fsp3) is 0.0476. The molecule has 10 aromatic carbocycles. The lowest BCUT2D eigenvalue weighted by Crippen LogP contribution is -2.30. The molecule has 1 heterocycles. The minimum Gasteiger partial charge on any atom is -0.344 e. The van der Waals surface area contributed by atoms with Crippen molar-refractivity contribution in [1.29, 1.82) is 0 Å².